The van der Waals surface area contributed by atoms with Gasteiger partial charge in [0.1, 0.15) is 0 Å². The molecule has 0 aromatic carbocycles. The molecule has 0 fully saturated rings. The van der Waals surface area contributed by atoms with E-state index in [1.54, 1.807) is 0 Å². The molecule has 0 aliphatic heterocycles. The van der Waals surface area contributed by atoms with Crippen LogP contribution >= 0.6 is 0 Å². The minimum atomic E-state index is -1.40. The highest BCUT2D eigenvalue weighted by Gasteiger charge is 2.14. The molecule has 0 N–H and O–H groups in total. The van der Waals surface area contributed by atoms with Crippen LogP contribution in [0.2, 0.25) is 6.04 Å². The summed E-state index contributed by atoms with van der Waals surface area (Å²) in [7, 11) is -1.40. The Morgan fingerprint density at radius 3 is 2.46 bits per heavy atom. The van der Waals surface area contributed by atoms with Gasteiger partial charge >= 0.3 is 9.28 Å². The van der Waals surface area contributed by atoms with E-state index in [9.17, 15) is 0 Å². The molecule has 0 unspecified atom stereocenters. The van der Waals surface area contributed by atoms with Crippen molar-refractivity contribution in [1.82, 2.24) is 0 Å². The van der Waals surface area contributed by atoms with Crippen LogP contribution in [0.1, 0.15) is 20.3 Å². The van der Waals surface area contributed by atoms with Crippen molar-refractivity contribution in [3.63, 3.8) is 0 Å². The molecule has 0 aromatic heterocycles. The summed E-state index contributed by atoms with van der Waals surface area (Å²) < 4.78 is 11.2. The highest BCUT2D eigenvalue weighted by molar-refractivity contribution is 6.45. The smallest absolute Gasteiger partial charge is 0.325 e. The summed E-state index contributed by atoms with van der Waals surface area (Å²) in [6.45, 7) is 5.61. The molecule has 1 rings (SSSR count). The first kappa shape index (κ1) is 10.7. The molecule has 0 spiro atoms. The zero-order chi connectivity index (χ0) is 9.52. The Kier molecular flexibility index (Phi) is 5.04. The summed E-state index contributed by atoms with van der Waals surface area (Å²) in [4.78, 5) is 0. The van der Waals surface area contributed by atoms with Crippen molar-refractivity contribution < 1.29 is 8.85 Å². The molecule has 13 heavy (non-hydrogen) atoms. The van der Waals surface area contributed by atoms with E-state index in [0.717, 1.165) is 25.7 Å². The van der Waals surface area contributed by atoms with Crippen molar-refractivity contribution in [2.75, 3.05) is 13.2 Å². The monoisotopic (exact) mass is 198 g/mol. The molecule has 0 saturated carbocycles. The van der Waals surface area contributed by atoms with Gasteiger partial charge in [0.2, 0.25) is 0 Å². The Hall–Kier alpha value is -0.383. The summed E-state index contributed by atoms with van der Waals surface area (Å²) in [5.41, 5.74) is 1.46. The first-order valence-corrected chi connectivity index (χ1v) is 6.70. The lowest BCUT2D eigenvalue weighted by Crippen LogP contribution is -2.23. The Labute approximate surface area is 82.1 Å². The molecule has 0 saturated heterocycles. The largest absolute Gasteiger partial charge is 0.397 e. The summed E-state index contributed by atoms with van der Waals surface area (Å²) in [6.07, 6.45) is 7.55. The molecule has 2 nitrogen and oxygen atoms in total. The molecular formula is C10H18O2Si. The predicted octanol–water partition coefficient (Wildman–Crippen LogP) is 2.17. The van der Waals surface area contributed by atoms with E-state index in [2.05, 4.69) is 18.2 Å². The van der Waals surface area contributed by atoms with Crippen LogP contribution in [0, 0.1) is 0 Å². The third kappa shape index (κ3) is 3.89. The normalized spacial score (nSPS) is 15.5. The zero-order valence-corrected chi connectivity index (χ0v) is 9.61. The van der Waals surface area contributed by atoms with Gasteiger partial charge in [-0.1, -0.05) is 23.8 Å². The van der Waals surface area contributed by atoms with Gasteiger partial charge in [0.15, 0.2) is 0 Å². The summed E-state index contributed by atoms with van der Waals surface area (Å²) in [5.74, 6) is 0. The fourth-order valence-corrected chi connectivity index (χ4v) is 3.20. The second kappa shape index (κ2) is 6.13. The highest BCUT2D eigenvalue weighted by atomic mass is 28.3. The average molecular weight is 198 g/mol. The van der Waals surface area contributed by atoms with Gasteiger partial charge in [-0.2, -0.15) is 0 Å². The van der Waals surface area contributed by atoms with E-state index in [0.29, 0.717) is 0 Å². The maximum Gasteiger partial charge on any atom is 0.325 e. The summed E-state index contributed by atoms with van der Waals surface area (Å²) in [5, 5.41) is 0. The van der Waals surface area contributed by atoms with Crippen molar-refractivity contribution in [2.45, 2.75) is 26.3 Å². The van der Waals surface area contributed by atoms with Crippen LogP contribution in [0.3, 0.4) is 0 Å². The number of hydrogen-bond acceptors (Lipinski definition) is 2. The van der Waals surface area contributed by atoms with Gasteiger partial charge in [-0.05, 0) is 20.3 Å². The Morgan fingerprint density at radius 1 is 1.31 bits per heavy atom. The van der Waals surface area contributed by atoms with Gasteiger partial charge in [-0.3, -0.25) is 0 Å². The lowest BCUT2D eigenvalue weighted by Gasteiger charge is -2.14. The second-order valence-corrected chi connectivity index (χ2v) is 4.94. The molecule has 0 amide bonds. The van der Waals surface area contributed by atoms with Crippen LogP contribution in [0.4, 0.5) is 0 Å². The van der Waals surface area contributed by atoms with E-state index in [1.807, 2.05) is 13.8 Å². The van der Waals surface area contributed by atoms with Crippen molar-refractivity contribution in [3.8, 4) is 0 Å². The lowest BCUT2D eigenvalue weighted by molar-refractivity contribution is 0.215. The molecule has 0 bridgehead atoms. The number of hydrogen-bond donors (Lipinski definition) is 0. The van der Waals surface area contributed by atoms with Crippen LogP contribution in [0.15, 0.2) is 23.8 Å². The zero-order valence-electron chi connectivity index (χ0n) is 8.45. The summed E-state index contributed by atoms with van der Waals surface area (Å²) >= 11 is 0. The van der Waals surface area contributed by atoms with Gasteiger partial charge in [-0.15, -0.1) is 0 Å². The van der Waals surface area contributed by atoms with Crippen molar-refractivity contribution >= 4 is 9.28 Å². The van der Waals surface area contributed by atoms with E-state index in [1.165, 1.54) is 5.57 Å². The number of allylic oxidation sites excluding steroid dienone is 4. The Bertz CT molecular complexity index is 193. The van der Waals surface area contributed by atoms with E-state index >= 15 is 0 Å². The molecular weight excluding hydrogens is 180 g/mol. The SMILES string of the molecule is CCO[SiH](CC1=CC=CC1)OCC. The third-order valence-corrected chi connectivity index (χ3v) is 4.25. The topological polar surface area (TPSA) is 18.5 Å². The van der Waals surface area contributed by atoms with Crippen LogP contribution in [-0.2, 0) is 8.85 Å². The van der Waals surface area contributed by atoms with Crippen LogP contribution < -0.4 is 0 Å². The van der Waals surface area contributed by atoms with Gasteiger partial charge in [0, 0.05) is 19.3 Å². The third-order valence-electron chi connectivity index (χ3n) is 1.98. The molecule has 3 heteroatoms. The maximum atomic E-state index is 5.59. The van der Waals surface area contributed by atoms with Gasteiger partial charge in [0.05, 0.1) is 0 Å². The molecule has 1 aliphatic carbocycles. The average Bonchev–Trinajstić information content (AvgIpc) is 2.58. The molecule has 1 aliphatic rings. The highest BCUT2D eigenvalue weighted by Crippen LogP contribution is 2.17. The van der Waals surface area contributed by atoms with Crippen molar-refractivity contribution in [2.24, 2.45) is 0 Å². The van der Waals surface area contributed by atoms with Crippen LogP contribution in [-0.4, -0.2) is 22.5 Å². The predicted molar refractivity (Wildman–Crippen MR) is 57.0 cm³/mol. The van der Waals surface area contributed by atoms with Crippen LogP contribution in [0.5, 0.6) is 0 Å². The molecule has 74 valence electrons. The quantitative estimate of drug-likeness (QED) is 0.609. The summed E-state index contributed by atoms with van der Waals surface area (Å²) in [6, 6.07) is 1.04. The standard InChI is InChI=1S/C10H18O2Si/c1-3-11-13(12-4-2)9-10-7-5-6-8-10/h5-7,13H,3-4,8-9H2,1-2H3. The minimum absolute atomic E-state index is 0.775. The fourth-order valence-electron chi connectivity index (χ4n) is 1.39. The van der Waals surface area contributed by atoms with E-state index in [-0.39, 0.29) is 0 Å². The van der Waals surface area contributed by atoms with Crippen molar-refractivity contribution in [1.29, 1.82) is 0 Å². The maximum absolute atomic E-state index is 5.59. The van der Waals surface area contributed by atoms with Gasteiger partial charge < -0.3 is 8.85 Å². The fraction of sp³-hybridized carbons (Fsp3) is 0.600. The Morgan fingerprint density at radius 2 is 2.00 bits per heavy atom. The molecule has 0 radical (unpaired) electrons. The first-order chi connectivity index (χ1) is 6.36. The lowest BCUT2D eigenvalue weighted by atomic mass is 10.3. The van der Waals surface area contributed by atoms with Gasteiger partial charge in [-0.25, -0.2) is 0 Å². The van der Waals surface area contributed by atoms with E-state index in [4.69, 9.17) is 8.85 Å². The van der Waals surface area contributed by atoms with Crippen molar-refractivity contribution in [3.05, 3.63) is 23.8 Å². The first-order valence-electron chi connectivity index (χ1n) is 4.94. The van der Waals surface area contributed by atoms with Gasteiger partial charge in [0.25, 0.3) is 0 Å². The second-order valence-electron chi connectivity index (χ2n) is 3.00. The van der Waals surface area contributed by atoms with Crippen LogP contribution in [0.25, 0.3) is 0 Å². The molecule has 0 heterocycles. The molecule has 0 atom stereocenters. The molecule has 0 aromatic rings. The van der Waals surface area contributed by atoms with E-state index < -0.39 is 9.28 Å². The number of rotatable bonds is 6. The minimum Gasteiger partial charge on any atom is -0.397 e. The Balaban J connectivity index is 2.28.